The molecule has 1 aromatic heterocycles. The number of rotatable bonds is 3. The first kappa shape index (κ1) is 13.0. The lowest BCUT2D eigenvalue weighted by molar-refractivity contribution is 0.631. The molecule has 19 heavy (non-hydrogen) atoms. The van der Waals surface area contributed by atoms with Gasteiger partial charge in [-0.2, -0.15) is 20.2 Å². The number of nitrogens with one attached hydrogen (secondary N) is 2. The first-order valence-corrected chi connectivity index (χ1v) is 5.56. The smallest absolute Gasteiger partial charge is 0.233 e. The zero-order chi connectivity index (χ0) is 13.8. The molecule has 2 aromatic rings. The van der Waals surface area contributed by atoms with E-state index in [9.17, 15) is 4.39 Å². The molecule has 96 valence electrons. The van der Waals surface area contributed by atoms with Crippen molar-refractivity contribution in [2.45, 2.75) is 0 Å². The van der Waals surface area contributed by atoms with E-state index in [-0.39, 0.29) is 28.4 Å². The molecule has 0 saturated carbocycles. The molecule has 6 nitrogen and oxygen atoms in total. The van der Waals surface area contributed by atoms with Gasteiger partial charge in [-0.1, -0.05) is 0 Å². The van der Waals surface area contributed by atoms with E-state index >= 15 is 0 Å². The SMILES string of the molecule is CNc1nc(Cl)nc(Nc2ccc(C#N)cc2F)n1. The number of nitriles is 1. The van der Waals surface area contributed by atoms with Crippen molar-refractivity contribution in [1.29, 1.82) is 5.26 Å². The van der Waals surface area contributed by atoms with E-state index in [1.54, 1.807) is 7.05 Å². The van der Waals surface area contributed by atoms with Crippen LogP contribution in [0.25, 0.3) is 0 Å². The summed E-state index contributed by atoms with van der Waals surface area (Å²) in [6.07, 6.45) is 0. The fourth-order valence-corrected chi connectivity index (χ4v) is 1.48. The van der Waals surface area contributed by atoms with Crippen LogP contribution in [-0.4, -0.2) is 22.0 Å². The van der Waals surface area contributed by atoms with Crippen LogP contribution in [0.4, 0.5) is 22.0 Å². The van der Waals surface area contributed by atoms with Gasteiger partial charge in [0.25, 0.3) is 0 Å². The van der Waals surface area contributed by atoms with Crippen molar-refractivity contribution in [3.05, 3.63) is 34.9 Å². The van der Waals surface area contributed by atoms with Crippen molar-refractivity contribution in [2.24, 2.45) is 0 Å². The molecule has 0 radical (unpaired) electrons. The van der Waals surface area contributed by atoms with Gasteiger partial charge in [0.05, 0.1) is 17.3 Å². The van der Waals surface area contributed by atoms with E-state index in [2.05, 4.69) is 25.6 Å². The van der Waals surface area contributed by atoms with Gasteiger partial charge >= 0.3 is 0 Å². The van der Waals surface area contributed by atoms with E-state index in [0.717, 1.165) is 6.07 Å². The van der Waals surface area contributed by atoms with E-state index in [1.165, 1.54) is 12.1 Å². The van der Waals surface area contributed by atoms with E-state index in [1.807, 2.05) is 6.07 Å². The highest BCUT2D eigenvalue weighted by Gasteiger charge is 2.08. The molecule has 0 saturated heterocycles. The Morgan fingerprint density at radius 1 is 1.26 bits per heavy atom. The lowest BCUT2D eigenvalue weighted by atomic mass is 10.2. The lowest BCUT2D eigenvalue weighted by Gasteiger charge is -2.07. The van der Waals surface area contributed by atoms with E-state index in [0.29, 0.717) is 0 Å². The topological polar surface area (TPSA) is 86.5 Å². The fraction of sp³-hybridized carbons (Fsp3) is 0.0909. The van der Waals surface area contributed by atoms with Crippen molar-refractivity contribution < 1.29 is 4.39 Å². The number of halogens is 2. The van der Waals surface area contributed by atoms with Crippen LogP contribution >= 0.6 is 11.6 Å². The van der Waals surface area contributed by atoms with Gasteiger partial charge in [-0.05, 0) is 29.8 Å². The van der Waals surface area contributed by atoms with Gasteiger partial charge in [-0.3, -0.25) is 0 Å². The molecular weight excluding hydrogens is 271 g/mol. The average Bonchev–Trinajstić information content (AvgIpc) is 2.40. The molecule has 0 atom stereocenters. The summed E-state index contributed by atoms with van der Waals surface area (Å²) >= 11 is 5.70. The van der Waals surface area contributed by atoms with Gasteiger partial charge in [0.15, 0.2) is 0 Å². The number of aromatic nitrogens is 3. The Bertz CT molecular complexity index is 654. The van der Waals surface area contributed by atoms with Crippen molar-refractivity contribution in [3.8, 4) is 6.07 Å². The molecular formula is C11H8ClFN6. The van der Waals surface area contributed by atoms with Crippen LogP contribution in [-0.2, 0) is 0 Å². The normalized spacial score (nSPS) is 9.79. The van der Waals surface area contributed by atoms with E-state index in [4.69, 9.17) is 16.9 Å². The van der Waals surface area contributed by atoms with E-state index < -0.39 is 5.82 Å². The zero-order valence-corrected chi connectivity index (χ0v) is 10.5. The minimum atomic E-state index is -0.582. The Labute approximate surface area is 113 Å². The van der Waals surface area contributed by atoms with Gasteiger partial charge in [0, 0.05) is 7.05 Å². The molecule has 0 amide bonds. The first-order chi connectivity index (χ1) is 9.12. The molecule has 0 fully saturated rings. The monoisotopic (exact) mass is 278 g/mol. The molecule has 0 aliphatic heterocycles. The molecule has 1 heterocycles. The molecule has 1 aromatic carbocycles. The Morgan fingerprint density at radius 2 is 2.00 bits per heavy atom. The van der Waals surface area contributed by atoms with Crippen LogP contribution in [0.15, 0.2) is 18.2 Å². The quantitative estimate of drug-likeness (QED) is 0.896. The molecule has 0 aliphatic rings. The highest BCUT2D eigenvalue weighted by atomic mass is 35.5. The van der Waals surface area contributed by atoms with Gasteiger partial charge in [0.2, 0.25) is 17.2 Å². The maximum absolute atomic E-state index is 13.7. The summed E-state index contributed by atoms with van der Waals surface area (Å²) in [6.45, 7) is 0. The number of nitrogens with zero attached hydrogens (tertiary/aromatic N) is 4. The predicted molar refractivity (Wildman–Crippen MR) is 68.8 cm³/mol. The molecule has 2 rings (SSSR count). The highest BCUT2D eigenvalue weighted by molar-refractivity contribution is 6.28. The minimum Gasteiger partial charge on any atom is -0.357 e. The standard InChI is InChI=1S/C11H8ClFN6/c1-15-10-17-9(12)18-11(19-10)16-8-3-2-6(5-14)4-7(8)13/h2-4H,1H3,(H2,15,16,17,18,19). The molecule has 8 heteroatoms. The number of hydrogen-bond acceptors (Lipinski definition) is 6. The van der Waals surface area contributed by atoms with Crippen molar-refractivity contribution in [2.75, 3.05) is 17.7 Å². The summed E-state index contributed by atoms with van der Waals surface area (Å²) in [5.74, 6) is -0.217. The first-order valence-electron chi connectivity index (χ1n) is 5.18. The summed E-state index contributed by atoms with van der Waals surface area (Å²) < 4.78 is 13.7. The number of benzene rings is 1. The third-order valence-electron chi connectivity index (χ3n) is 2.18. The van der Waals surface area contributed by atoms with Crippen LogP contribution in [0.5, 0.6) is 0 Å². The van der Waals surface area contributed by atoms with Gasteiger partial charge in [-0.25, -0.2) is 4.39 Å². The minimum absolute atomic E-state index is 0.0177. The highest BCUT2D eigenvalue weighted by Crippen LogP contribution is 2.20. The van der Waals surface area contributed by atoms with Crippen molar-refractivity contribution >= 4 is 29.2 Å². The van der Waals surface area contributed by atoms with Gasteiger partial charge in [-0.15, -0.1) is 0 Å². The maximum atomic E-state index is 13.7. The Hall–Kier alpha value is -2.46. The van der Waals surface area contributed by atoms with Crippen molar-refractivity contribution in [1.82, 2.24) is 15.0 Å². The molecule has 0 unspecified atom stereocenters. The average molecular weight is 279 g/mol. The second-order valence-corrected chi connectivity index (χ2v) is 3.77. The molecule has 0 spiro atoms. The third-order valence-corrected chi connectivity index (χ3v) is 2.35. The third kappa shape index (κ3) is 3.05. The number of hydrogen-bond donors (Lipinski definition) is 2. The Balaban J connectivity index is 2.31. The second kappa shape index (κ2) is 5.46. The van der Waals surface area contributed by atoms with Crippen LogP contribution in [0.1, 0.15) is 5.56 Å². The summed E-state index contributed by atoms with van der Waals surface area (Å²) in [4.78, 5) is 11.6. The fourth-order valence-electron chi connectivity index (χ4n) is 1.32. The van der Waals surface area contributed by atoms with Crippen LogP contribution in [0.3, 0.4) is 0 Å². The van der Waals surface area contributed by atoms with Crippen LogP contribution < -0.4 is 10.6 Å². The van der Waals surface area contributed by atoms with Crippen LogP contribution in [0.2, 0.25) is 5.28 Å². The van der Waals surface area contributed by atoms with Gasteiger partial charge < -0.3 is 10.6 Å². The van der Waals surface area contributed by atoms with Crippen LogP contribution in [0, 0.1) is 17.1 Å². The second-order valence-electron chi connectivity index (χ2n) is 3.43. The summed E-state index contributed by atoms with van der Waals surface area (Å²) in [5.41, 5.74) is 0.371. The predicted octanol–water partition coefficient (Wildman–Crippen LogP) is 2.32. The van der Waals surface area contributed by atoms with Crippen molar-refractivity contribution in [3.63, 3.8) is 0 Å². The Kier molecular flexibility index (Phi) is 3.73. The molecule has 0 bridgehead atoms. The molecule has 0 aliphatic carbocycles. The summed E-state index contributed by atoms with van der Waals surface area (Å²) in [6, 6.07) is 5.86. The Morgan fingerprint density at radius 3 is 2.63 bits per heavy atom. The lowest BCUT2D eigenvalue weighted by Crippen LogP contribution is -2.04. The largest absolute Gasteiger partial charge is 0.357 e. The zero-order valence-electron chi connectivity index (χ0n) is 9.78. The number of anilines is 3. The summed E-state index contributed by atoms with van der Waals surface area (Å²) in [5, 5.41) is 14.0. The summed E-state index contributed by atoms with van der Waals surface area (Å²) in [7, 11) is 1.62. The molecule has 2 N–H and O–H groups in total. The van der Waals surface area contributed by atoms with Gasteiger partial charge in [0.1, 0.15) is 5.82 Å². The maximum Gasteiger partial charge on any atom is 0.233 e.